The number of aromatic nitrogens is 1. The summed E-state index contributed by atoms with van der Waals surface area (Å²) < 4.78 is 5.30. The highest BCUT2D eigenvalue weighted by atomic mass is 16.5. The number of esters is 1. The second-order valence-electron chi connectivity index (χ2n) is 6.63. The van der Waals surface area contributed by atoms with E-state index in [1.165, 1.54) is 0 Å². The van der Waals surface area contributed by atoms with Crippen molar-refractivity contribution in [3.8, 4) is 0 Å². The summed E-state index contributed by atoms with van der Waals surface area (Å²) in [6, 6.07) is 9.71. The van der Waals surface area contributed by atoms with Gasteiger partial charge in [0.1, 0.15) is 12.3 Å². The van der Waals surface area contributed by atoms with Crippen molar-refractivity contribution < 1.29 is 14.3 Å². The molecule has 1 atom stereocenters. The first-order chi connectivity index (χ1) is 12.2. The normalized spacial score (nSPS) is 21.7. The standard InChI is InChI=1S/C20H16N2O3/c1-2-13-14-8-17-18-15(7-11-5-3-4-6-16(11)21-18)19(23)22(17)9-12(14)10-25-20(13)24/h3-8,13H,2,9-10H2,1H3. The highest BCUT2D eigenvalue weighted by molar-refractivity contribution is 6.11. The van der Waals surface area contributed by atoms with Crippen LogP contribution in [-0.2, 0) is 9.53 Å². The minimum Gasteiger partial charge on any atom is -0.461 e. The van der Waals surface area contributed by atoms with Crippen LogP contribution in [0.5, 0.6) is 0 Å². The zero-order valence-electron chi connectivity index (χ0n) is 13.8. The van der Waals surface area contributed by atoms with Crippen molar-refractivity contribution in [1.82, 2.24) is 9.88 Å². The predicted octanol–water partition coefficient (Wildman–Crippen LogP) is 2.92. The van der Waals surface area contributed by atoms with E-state index in [-0.39, 0.29) is 24.4 Å². The van der Waals surface area contributed by atoms with E-state index in [0.717, 1.165) is 27.7 Å². The molecule has 1 aromatic carbocycles. The number of para-hydroxylation sites is 1. The second-order valence-corrected chi connectivity index (χ2v) is 6.63. The van der Waals surface area contributed by atoms with Crippen molar-refractivity contribution in [2.45, 2.75) is 13.3 Å². The first-order valence-electron chi connectivity index (χ1n) is 8.49. The smallest absolute Gasteiger partial charge is 0.313 e. The van der Waals surface area contributed by atoms with Gasteiger partial charge in [-0.05, 0) is 35.8 Å². The van der Waals surface area contributed by atoms with E-state index < -0.39 is 0 Å². The molecule has 25 heavy (non-hydrogen) atoms. The lowest BCUT2D eigenvalue weighted by Gasteiger charge is -2.32. The first-order valence-corrected chi connectivity index (χ1v) is 8.49. The van der Waals surface area contributed by atoms with E-state index in [1.807, 2.05) is 43.3 Å². The number of fused-ring (bicyclic) bond motifs is 4. The van der Waals surface area contributed by atoms with E-state index in [0.29, 0.717) is 24.2 Å². The fourth-order valence-electron chi connectivity index (χ4n) is 3.94. The van der Waals surface area contributed by atoms with Gasteiger partial charge in [-0.3, -0.25) is 9.59 Å². The minimum absolute atomic E-state index is 0.0315. The molecular weight excluding hydrogens is 316 g/mol. The summed E-state index contributed by atoms with van der Waals surface area (Å²) >= 11 is 0. The van der Waals surface area contributed by atoms with Crippen LogP contribution in [0, 0.1) is 5.92 Å². The van der Waals surface area contributed by atoms with Crippen LogP contribution < -0.4 is 0 Å². The number of carbonyl (C=O) groups excluding carboxylic acids is 2. The van der Waals surface area contributed by atoms with Gasteiger partial charge in [-0.15, -0.1) is 0 Å². The number of cyclic esters (lactones) is 1. The SMILES string of the molecule is CCC1C(=O)OCC2=C1C=C1c3nc4ccccc4cc3C(=O)N1C2. The van der Waals surface area contributed by atoms with E-state index in [2.05, 4.69) is 0 Å². The number of benzene rings is 1. The monoisotopic (exact) mass is 332 g/mol. The van der Waals surface area contributed by atoms with Crippen molar-refractivity contribution in [1.29, 1.82) is 0 Å². The molecule has 0 fully saturated rings. The Morgan fingerprint density at radius 2 is 2.12 bits per heavy atom. The highest BCUT2D eigenvalue weighted by Crippen LogP contribution is 2.41. The summed E-state index contributed by atoms with van der Waals surface area (Å²) in [5, 5.41) is 0.956. The van der Waals surface area contributed by atoms with E-state index in [4.69, 9.17) is 9.72 Å². The summed E-state index contributed by atoms with van der Waals surface area (Å²) in [6.07, 6.45) is 2.66. The number of ether oxygens (including phenoxy) is 1. The molecule has 1 amide bonds. The van der Waals surface area contributed by atoms with E-state index in [9.17, 15) is 9.59 Å². The molecule has 5 rings (SSSR count). The molecule has 0 spiro atoms. The van der Waals surface area contributed by atoms with Crippen LogP contribution in [0.15, 0.2) is 47.6 Å². The quantitative estimate of drug-likeness (QED) is 0.754. The van der Waals surface area contributed by atoms with Crippen LogP contribution in [-0.4, -0.2) is 34.9 Å². The van der Waals surface area contributed by atoms with Gasteiger partial charge in [-0.1, -0.05) is 25.1 Å². The Labute approximate surface area is 144 Å². The molecular formula is C20H16N2O3. The van der Waals surface area contributed by atoms with Crippen LogP contribution in [0.4, 0.5) is 0 Å². The van der Waals surface area contributed by atoms with Crippen molar-refractivity contribution in [3.05, 3.63) is 58.8 Å². The Bertz CT molecular complexity index is 1020. The summed E-state index contributed by atoms with van der Waals surface area (Å²) in [5.74, 6) is -0.462. The molecule has 5 nitrogen and oxygen atoms in total. The Morgan fingerprint density at radius 3 is 2.96 bits per heavy atom. The molecule has 0 saturated carbocycles. The molecule has 3 aliphatic heterocycles. The number of carbonyl (C=O) groups is 2. The molecule has 3 aliphatic rings. The van der Waals surface area contributed by atoms with Gasteiger partial charge < -0.3 is 9.64 Å². The van der Waals surface area contributed by atoms with Gasteiger partial charge in [-0.25, -0.2) is 4.98 Å². The van der Waals surface area contributed by atoms with Crippen molar-refractivity contribution in [2.75, 3.05) is 13.2 Å². The maximum absolute atomic E-state index is 12.9. The zero-order valence-corrected chi connectivity index (χ0v) is 13.8. The van der Waals surface area contributed by atoms with Crippen LogP contribution in [0.25, 0.3) is 16.6 Å². The Morgan fingerprint density at radius 1 is 1.28 bits per heavy atom. The summed E-state index contributed by atoms with van der Waals surface area (Å²) in [4.78, 5) is 31.4. The van der Waals surface area contributed by atoms with Crippen LogP contribution in [0.3, 0.4) is 0 Å². The largest absolute Gasteiger partial charge is 0.461 e. The highest BCUT2D eigenvalue weighted by Gasteiger charge is 2.40. The van der Waals surface area contributed by atoms with Gasteiger partial charge in [0.05, 0.1) is 29.2 Å². The number of nitrogens with zero attached hydrogens (tertiary/aromatic N) is 2. The van der Waals surface area contributed by atoms with Crippen LogP contribution in [0.2, 0.25) is 0 Å². The maximum Gasteiger partial charge on any atom is 0.313 e. The van der Waals surface area contributed by atoms with Crippen LogP contribution >= 0.6 is 0 Å². The molecule has 0 radical (unpaired) electrons. The van der Waals surface area contributed by atoms with Gasteiger partial charge >= 0.3 is 5.97 Å². The van der Waals surface area contributed by atoms with Gasteiger partial charge in [0.2, 0.25) is 0 Å². The Hall–Kier alpha value is -2.95. The lowest BCUT2D eigenvalue weighted by Crippen LogP contribution is -2.36. The molecule has 1 unspecified atom stereocenters. The van der Waals surface area contributed by atoms with Crippen molar-refractivity contribution >= 4 is 28.5 Å². The van der Waals surface area contributed by atoms with Gasteiger partial charge in [0.15, 0.2) is 0 Å². The molecule has 0 saturated heterocycles. The van der Waals surface area contributed by atoms with E-state index >= 15 is 0 Å². The number of allylic oxidation sites excluding steroid dienone is 1. The molecule has 0 bridgehead atoms. The topological polar surface area (TPSA) is 59.5 Å². The number of rotatable bonds is 1. The third-order valence-electron chi connectivity index (χ3n) is 5.24. The second kappa shape index (κ2) is 5.02. The molecule has 0 aliphatic carbocycles. The summed E-state index contributed by atoms with van der Waals surface area (Å²) in [5.41, 5.74) is 5.03. The maximum atomic E-state index is 12.9. The minimum atomic E-state index is -0.252. The fraction of sp³-hybridized carbons (Fsp3) is 0.250. The average Bonchev–Trinajstić information content (AvgIpc) is 2.90. The predicted molar refractivity (Wildman–Crippen MR) is 92.5 cm³/mol. The molecule has 124 valence electrons. The van der Waals surface area contributed by atoms with Gasteiger partial charge in [0.25, 0.3) is 5.91 Å². The summed E-state index contributed by atoms with van der Waals surface area (Å²) in [6.45, 7) is 2.71. The Kier molecular flexibility index (Phi) is 2.89. The molecule has 4 heterocycles. The van der Waals surface area contributed by atoms with E-state index in [1.54, 1.807) is 4.90 Å². The number of hydrogen-bond donors (Lipinski definition) is 0. The Balaban J connectivity index is 1.71. The molecule has 2 aromatic rings. The number of amides is 1. The van der Waals surface area contributed by atoms with Gasteiger partial charge in [0, 0.05) is 5.39 Å². The molecule has 5 heteroatoms. The first kappa shape index (κ1) is 14.4. The fourth-order valence-corrected chi connectivity index (χ4v) is 3.94. The van der Waals surface area contributed by atoms with Crippen molar-refractivity contribution in [2.24, 2.45) is 5.92 Å². The molecule has 1 aromatic heterocycles. The lowest BCUT2D eigenvalue weighted by atomic mass is 9.87. The third-order valence-corrected chi connectivity index (χ3v) is 5.24. The zero-order chi connectivity index (χ0) is 17.1. The third kappa shape index (κ3) is 1.92. The summed E-state index contributed by atoms with van der Waals surface area (Å²) in [7, 11) is 0. The average molecular weight is 332 g/mol. The molecule has 0 N–H and O–H groups in total. The van der Waals surface area contributed by atoms with Gasteiger partial charge in [-0.2, -0.15) is 0 Å². The number of pyridine rings is 1. The lowest BCUT2D eigenvalue weighted by molar-refractivity contribution is -0.147. The number of hydrogen-bond acceptors (Lipinski definition) is 4. The van der Waals surface area contributed by atoms with Crippen molar-refractivity contribution in [3.63, 3.8) is 0 Å². The van der Waals surface area contributed by atoms with Crippen LogP contribution in [0.1, 0.15) is 29.4 Å².